The van der Waals surface area contributed by atoms with E-state index < -0.39 is 12.1 Å². The first-order chi connectivity index (χ1) is 10.5. The summed E-state index contributed by atoms with van der Waals surface area (Å²) in [6.07, 6.45) is -1.39. The number of ether oxygens (including phenoxy) is 2. The van der Waals surface area contributed by atoms with Crippen LogP contribution in [0.2, 0.25) is 5.02 Å². The Morgan fingerprint density at radius 1 is 1.23 bits per heavy atom. The van der Waals surface area contributed by atoms with E-state index in [9.17, 15) is 9.90 Å². The molecule has 0 heterocycles. The van der Waals surface area contributed by atoms with E-state index >= 15 is 0 Å². The lowest BCUT2D eigenvalue weighted by Gasteiger charge is -2.16. The van der Waals surface area contributed by atoms with Crippen molar-refractivity contribution >= 4 is 17.6 Å². The molecule has 2 aromatic carbocycles. The molecule has 2 rings (SSSR count). The van der Waals surface area contributed by atoms with Crippen LogP contribution in [0.3, 0.4) is 0 Å². The number of carbonyl (C=O) groups is 1. The molecular weight excluding hydrogens is 304 g/mol. The topological polar surface area (TPSA) is 55.8 Å². The first-order valence-corrected chi connectivity index (χ1v) is 7.14. The van der Waals surface area contributed by atoms with Crippen LogP contribution in [-0.2, 0) is 16.1 Å². The number of carbonyl (C=O) groups excluding carboxylic acids is 1. The van der Waals surface area contributed by atoms with Crippen LogP contribution in [0.25, 0.3) is 0 Å². The number of aryl methyl sites for hydroxylation is 1. The molecule has 0 saturated heterocycles. The summed E-state index contributed by atoms with van der Waals surface area (Å²) in [6, 6.07) is 12.6. The lowest BCUT2D eigenvalue weighted by atomic mass is 10.0. The van der Waals surface area contributed by atoms with Crippen molar-refractivity contribution in [3.8, 4) is 5.75 Å². The standard InChI is InChI=1S/C17H17ClO4/c1-11-6-3-4-9-15(11)22-10-13-12(7-5-8-14(13)18)16(19)17(20)21-2/h3-9,16,19H,10H2,1-2H3. The Morgan fingerprint density at radius 2 is 1.95 bits per heavy atom. The van der Waals surface area contributed by atoms with Crippen molar-refractivity contribution in [2.24, 2.45) is 0 Å². The molecule has 0 bridgehead atoms. The molecule has 0 aromatic heterocycles. The van der Waals surface area contributed by atoms with Crippen LogP contribution >= 0.6 is 11.6 Å². The predicted molar refractivity (Wildman–Crippen MR) is 83.9 cm³/mol. The maximum atomic E-state index is 11.5. The third-order valence-electron chi connectivity index (χ3n) is 3.34. The van der Waals surface area contributed by atoms with Crippen molar-refractivity contribution < 1.29 is 19.4 Å². The second-order valence-electron chi connectivity index (χ2n) is 4.79. The van der Waals surface area contributed by atoms with Crippen molar-refractivity contribution in [3.63, 3.8) is 0 Å². The molecule has 1 unspecified atom stereocenters. The smallest absolute Gasteiger partial charge is 0.339 e. The summed E-state index contributed by atoms with van der Waals surface area (Å²) in [4.78, 5) is 11.5. The average molecular weight is 321 g/mol. The number of hydrogen-bond donors (Lipinski definition) is 1. The van der Waals surface area contributed by atoms with Crippen LogP contribution in [0.15, 0.2) is 42.5 Å². The molecule has 0 spiro atoms. The molecule has 0 fully saturated rings. The van der Waals surface area contributed by atoms with Gasteiger partial charge in [-0.3, -0.25) is 0 Å². The molecule has 0 radical (unpaired) electrons. The molecule has 0 aliphatic rings. The summed E-state index contributed by atoms with van der Waals surface area (Å²) in [6.45, 7) is 2.08. The lowest BCUT2D eigenvalue weighted by Crippen LogP contribution is -2.16. The third kappa shape index (κ3) is 3.59. The highest BCUT2D eigenvalue weighted by Gasteiger charge is 2.22. The van der Waals surface area contributed by atoms with Gasteiger partial charge in [-0.05, 0) is 30.2 Å². The SMILES string of the molecule is COC(=O)C(O)c1cccc(Cl)c1COc1ccccc1C. The quantitative estimate of drug-likeness (QED) is 0.857. The van der Waals surface area contributed by atoms with Gasteiger partial charge in [0, 0.05) is 10.6 Å². The third-order valence-corrected chi connectivity index (χ3v) is 3.69. The van der Waals surface area contributed by atoms with Gasteiger partial charge in [-0.1, -0.05) is 41.9 Å². The molecular formula is C17H17ClO4. The fourth-order valence-corrected chi connectivity index (χ4v) is 2.33. The molecule has 116 valence electrons. The van der Waals surface area contributed by atoms with Crippen molar-refractivity contribution in [1.29, 1.82) is 0 Å². The number of benzene rings is 2. The van der Waals surface area contributed by atoms with Gasteiger partial charge in [0.15, 0.2) is 6.10 Å². The maximum absolute atomic E-state index is 11.5. The Kier molecular flexibility index (Phi) is 5.41. The Bertz CT molecular complexity index is 669. The Hall–Kier alpha value is -2.04. The van der Waals surface area contributed by atoms with Crippen LogP contribution in [-0.4, -0.2) is 18.2 Å². The van der Waals surface area contributed by atoms with Crippen molar-refractivity contribution in [2.75, 3.05) is 7.11 Å². The number of rotatable bonds is 5. The molecule has 0 saturated carbocycles. The van der Waals surface area contributed by atoms with Crippen LogP contribution in [0, 0.1) is 6.92 Å². The van der Waals surface area contributed by atoms with E-state index in [1.165, 1.54) is 7.11 Å². The van der Waals surface area contributed by atoms with Gasteiger partial charge in [-0.2, -0.15) is 0 Å². The minimum absolute atomic E-state index is 0.147. The zero-order valence-corrected chi connectivity index (χ0v) is 13.1. The zero-order valence-electron chi connectivity index (χ0n) is 12.4. The number of para-hydroxylation sites is 1. The summed E-state index contributed by atoms with van der Waals surface area (Å²) in [5.74, 6) is -0.0136. The highest BCUT2D eigenvalue weighted by molar-refractivity contribution is 6.31. The fourth-order valence-electron chi connectivity index (χ4n) is 2.09. The molecule has 0 amide bonds. The fraction of sp³-hybridized carbons (Fsp3) is 0.235. The Morgan fingerprint density at radius 3 is 2.64 bits per heavy atom. The first-order valence-electron chi connectivity index (χ1n) is 6.76. The van der Waals surface area contributed by atoms with E-state index in [1.54, 1.807) is 18.2 Å². The van der Waals surface area contributed by atoms with Crippen LogP contribution < -0.4 is 4.74 Å². The van der Waals surface area contributed by atoms with Crippen LogP contribution in [0.1, 0.15) is 22.8 Å². The summed E-state index contributed by atoms with van der Waals surface area (Å²) < 4.78 is 10.3. The van der Waals surface area contributed by atoms with Gasteiger partial charge in [0.2, 0.25) is 0 Å². The number of halogens is 1. The zero-order chi connectivity index (χ0) is 16.1. The van der Waals surface area contributed by atoms with Gasteiger partial charge in [0.1, 0.15) is 12.4 Å². The second kappa shape index (κ2) is 7.29. The van der Waals surface area contributed by atoms with Gasteiger partial charge in [-0.25, -0.2) is 4.79 Å². The molecule has 5 heteroatoms. The van der Waals surface area contributed by atoms with E-state index in [-0.39, 0.29) is 6.61 Å². The number of aliphatic hydroxyl groups is 1. The highest BCUT2D eigenvalue weighted by atomic mass is 35.5. The van der Waals surface area contributed by atoms with Crippen molar-refractivity contribution in [3.05, 3.63) is 64.2 Å². The number of methoxy groups -OCH3 is 1. The lowest BCUT2D eigenvalue weighted by molar-refractivity contribution is -0.150. The normalized spacial score (nSPS) is 11.8. The Balaban J connectivity index is 2.27. The molecule has 1 N–H and O–H groups in total. The average Bonchev–Trinajstić information content (AvgIpc) is 2.53. The minimum Gasteiger partial charge on any atom is -0.489 e. The summed E-state index contributed by atoms with van der Waals surface area (Å²) >= 11 is 6.18. The molecule has 2 aromatic rings. The maximum Gasteiger partial charge on any atom is 0.339 e. The summed E-state index contributed by atoms with van der Waals surface area (Å²) in [5, 5.41) is 10.5. The van der Waals surface area contributed by atoms with Gasteiger partial charge in [0.25, 0.3) is 0 Å². The van der Waals surface area contributed by atoms with Crippen molar-refractivity contribution in [2.45, 2.75) is 19.6 Å². The van der Waals surface area contributed by atoms with E-state index in [0.717, 1.165) is 11.3 Å². The molecule has 0 aliphatic heterocycles. The van der Waals surface area contributed by atoms with Gasteiger partial charge < -0.3 is 14.6 Å². The molecule has 0 aliphatic carbocycles. The number of esters is 1. The van der Waals surface area contributed by atoms with E-state index in [0.29, 0.717) is 16.1 Å². The molecule has 4 nitrogen and oxygen atoms in total. The largest absolute Gasteiger partial charge is 0.489 e. The van der Waals surface area contributed by atoms with E-state index in [4.69, 9.17) is 16.3 Å². The highest BCUT2D eigenvalue weighted by Crippen LogP contribution is 2.28. The van der Waals surface area contributed by atoms with Gasteiger partial charge in [-0.15, -0.1) is 0 Å². The molecule has 1 atom stereocenters. The van der Waals surface area contributed by atoms with Crippen LogP contribution in [0.4, 0.5) is 0 Å². The summed E-state index contributed by atoms with van der Waals surface area (Å²) in [7, 11) is 1.22. The number of aliphatic hydroxyl groups excluding tert-OH is 1. The van der Waals surface area contributed by atoms with Crippen LogP contribution in [0.5, 0.6) is 5.75 Å². The molecule has 22 heavy (non-hydrogen) atoms. The van der Waals surface area contributed by atoms with Gasteiger partial charge >= 0.3 is 5.97 Å². The van der Waals surface area contributed by atoms with Crippen molar-refractivity contribution in [1.82, 2.24) is 0 Å². The first kappa shape index (κ1) is 16.3. The second-order valence-corrected chi connectivity index (χ2v) is 5.19. The number of hydrogen-bond acceptors (Lipinski definition) is 4. The van der Waals surface area contributed by atoms with Gasteiger partial charge in [0.05, 0.1) is 7.11 Å². The predicted octanol–water partition coefficient (Wildman–Crippen LogP) is 3.43. The Labute approximate surface area is 134 Å². The monoisotopic (exact) mass is 320 g/mol. The van der Waals surface area contributed by atoms with E-state index in [2.05, 4.69) is 4.74 Å². The van der Waals surface area contributed by atoms with E-state index in [1.807, 2.05) is 31.2 Å². The minimum atomic E-state index is -1.39. The summed E-state index contributed by atoms with van der Waals surface area (Å²) in [5.41, 5.74) is 1.93.